The number of hydrogen-bond donors (Lipinski definition) is 0. The van der Waals surface area contributed by atoms with Crippen LogP contribution in [0.3, 0.4) is 0 Å². The maximum atomic E-state index is 8.92. The van der Waals surface area contributed by atoms with Crippen LogP contribution in [-0.2, 0) is 0 Å². The van der Waals surface area contributed by atoms with Crippen LogP contribution in [0.15, 0.2) is 170 Å². The van der Waals surface area contributed by atoms with Gasteiger partial charge in [0.15, 0.2) is 0 Å². The molecule has 0 radical (unpaired) electrons. The number of aromatic nitrogens is 2. The van der Waals surface area contributed by atoms with Gasteiger partial charge in [-0.1, -0.05) is 121 Å². The number of hydrogen-bond acceptors (Lipinski definition) is 2. The molecule has 0 aliphatic heterocycles. The Morgan fingerprint density at radius 1 is 0.328 bits per heavy atom. The van der Waals surface area contributed by atoms with Gasteiger partial charge in [-0.25, -0.2) is 0 Å². The molecule has 0 saturated heterocycles. The first-order valence-corrected chi connectivity index (χ1v) is 20.7. The van der Waals surface area contributed by atoms with E-state index in [4.69, 9.17) is 13.7 Å². The average Bonchev–Trinajstić information content (AvgIpc) is 4.19. The van der Waals surface area contributed by atoms with Gasteiger partial charge in [-0.3, -0.25) is 0 Å². The first kappa shape index (κ1) is 22.7. The summed E-state index contributed by atoms with van der Waals surface area (Å²) in [5.41, 5.74) is 7.13. The molecule has 0 aliphatic rings. The molecule has 0 unspecified atom stereocenters. The van der Waals surface area contributed by atoms with Crippen molar-refractivity contribution in [1.82, 2.24) is 8.80 Å². The summed E-state index contributed by atoms with van der Waals surface area (Å²) in [5, 5.41) is 13.0. The average molecular weight is 779 g/mol. The van der Waals surface area contributed by atoms with E-state index in [1.165, 1.54) is 9.40 Å². The van der Waals surface area contributed by atoms with E-state index in [9.17, 15) is 0 Å². The number of nitrogens with zero attached hydrogens (tertiary/aromatic N) is 2. The van der Waals surface area contributed by atoms with E-state index >= 15 is 0 Å². The molecule has 58 heavy (non-hydrogen) atoms. The zero-order valence-electron chi connectivity index (χ0n) is 40.1. The third-order valence-electron chi connectivity index (χ3n) is 12.5. The van der Waals surface area contributed by atoms with E-state index < -0.39 is 12.1 Å². The lowest BCUT2D eigenvalue weighted by Crippen LogP contribution is -1.85. The molecule has 15 aromatic rings. The van der Waals surface area contributed by atoms with Crippen LogP contribution in [0.25, 0.3) is 139 Å². The predicted octanol–water partition coefficient (Wildman–Crippen LogP) is 16.1. The highest BCUT2D eigenvalue weighted by atomic mass is 32.1. The molecule has 4 heteroatoms. The fourth-order valence-corrected chi connectivity index (χ4v) is 12.5. The van der Waals surface area contributed by atoms with E-state index in [1.807, 2.05) is 36.4 Å². The molecule has 0 N–H and O–H groups in total. The summed E-state index contributed by atoms with van der Waals surface area (Å²) in [6.45, 7) is 0. The van der Waals surface area contributed by atoms with Gasteiger partial charge in [0.1, 0.15) is 0 Å². The van der Waals surface area contributed by atoms with Gasteiger partial charge in [0.2, 0.25) is 0 Å². The largest absolute Gasteiger partial charge is 0.308 e. The smallest absolute Gasteiger partial charge is 0.0629 e. The highest BCUT2D eigenvalue weighted by molar-refractivity contribution is 7.26. The van der Waals surface area contributed by atoms with Gasteiger partial charge in [-0.15, -0.1) is 22.7 Å². The molecular weight excluding hydrogens is 741 g/mol. The Morgan fingerprint density at radius 2 is 0.759 bits per heavy atom. The lowest BCUT2D eigenvalue weighted by atomic mass is 9.99. The number of thiophene rings is 2. The molecule has 0 aliphatic carbocycles. The molecule has 0 bridgehead atoms. The fourth-order valence-electron chi connectivity index (χ4n) is 10.2. The van der Waals surface area contributed by atoms with Crippen LogP contribution in [0.4, 0.5) is 0 Å². The standard InChI is InChI=1S/C54H28N2S2/c1-3-11-29(12-4-1)31-19-21-33-41(23-31)55-43-25-38-40-28-48-50(36-16-8-10-18-46(36)58-48)52-34-22-20-32(30-13-5-2-6-14-30)24-42(34)56(54(40)52)44(38)26-37(43)39-27-47-49(51(33)53(39)55)35-15-7-9-17-45(35)57-47/h1-28H/i1D,2D,3D,4D,5D,6D,11D,12D,13D,14D. The first-order chi connectivity index (χ1) is 32.9. The van der Waals surface area contributed by atoms with Crippen LogP contribution in [0.2, 0.25) is 0 Å². The van der Waals surface area contributed by atoms with Crippen molar-refractivity contribution < 1.29 is 13.7 Å². The molecule has 0 saturated carbocycles. The maximum absolute atomic E-state index is 8.92. The second kappa shape index (κ2) is 10.5. The Labute approximate surface area is 352 Å². The molecule has 0 amide bonds. The fraction of sp³-hybridized carbons (Fsp3) is 0. The van der Waals surface area contributed by atoms with Gasteiger partial charge in [-0.05, 0) is 70.8 Å². The van der Waals surface area contributed by atoms with Crippen LogP contribution in [0.5, 0.6) is 0 Å². The van der Waals surface area contributed by atoms with Gasteiger partial charge < -0.3 is 8.80 Å². The first-order valence-electron chi connectivity index (χ1n) is 24.1. The van der Waals surface area contributed by atoms with Gasteiger partial charge in [0, 0.05) is 83.4 Å². The normalized spacial score (nSPS) is 15.2. The summed E-state index contributed by atoms with van der Waals surface area (Å²) in [7, 11) is 0. The molecular formula is C54H28N2S2. The lowest BCUT2D eigenvalue weighted by molar-refractivity contribution is 1.36. The van der Waals surface area contributed by atoms with Crippen molar-refractivity contribution in [3.8, 4) is 22.3 Å². The number of benzene rings is 9. The van der Waals surface area contributed by atoms with E-state index in [1.54, 1.807) is 22.7 Å². The lowest BCUT2D eigenvalue weighted by Gasteiger charge is -2.06. The molecule has 6 aromatic heterocycles. The number of rotatable bonds is 2. The molecule has 6 heterocycles. The monoisotopic (exact) mass is 778 g/mol. The summed E-state index contributed by atoms with van der Waals surface area (Å²) in [6, 6.07) is 34.5. The molecule has 266 valence electrons. The molecule has 2 nitrogen and oxygen atoms in total. The minimum Gasteiger partial charge on any atom is -0.308 e. The van der Waals surface area contributed by atoms with Crippen molar-refractivity contribution in [1.29, 1.82) is 0 Å². The van der Waals surface area contributed by atoms with E-state index in [-0.39, 0.29) is 59.5 Å². The summed E-state index contributed by atoms with van der Waals surface area (Å²) in [4.78, 5) is 0. The van der Waals surface area contributed by atoms with Crippen molar-refractivity contribution in [3.05, 3.63) is 170 Å². The molecule has 0 spiro atoms. The van der Waals surface area contributed by atoms with Crippen LogP contribution < -0.4 is 0 Å². The van der Waals surface area contributed by atoms with Crippen LogP contribution >= 0.6 is 22.7 Å². The molecule has 9 aromatic carbocycles. The quantitative estimate of drug-likeness (QED) is 0.165. The van der Waals surface area contributed by atoms with Crippen molar-refractivity contribution in [2.75, 3.05) is 0 Å². The van der Waals surface area contributed by atoms with E-state index in [0.29, 0.717) is 11.1 Å². The third kappa shape index (κ3) is 3.61. The highest BCUT2D eigenvalue weighted by Crippen LogP contribution is 2.52. The van der Waals surface area contributed by atoms with Gasteiger partial charge in [-0.2, -0.15) is 0 Å². The Morgan fingerprint density at radius 3 is 1.22 bits per heavy atom. The second-order valence-electron chi connectivity index (χ2n) is 15.3. The van der Waals surface area contributed by atoms with E-state index in [2.05, 4.69) is 81.6 Å². The minimum atomic E-state index is -0.428. The number of fused-ring (bicyclic) bond motifs is 20. The van der Waals surface area contributed by atoms with Crippen LogP contribution in [0.1, 0.15) is 13.7 Å². The summed E-state index contributed by atoms with van der Waals surface area (Å²) in [5.74, 6) is 0. The van der Waals surface area contributed by atoms with Crippen molar-refractivity contribution in [2.45, 2.75) is 0 Å². The van der Waals surface area contributed by atoms with Crippen molar-refractivity contribution >= 4 is 139 Å². The third-order valence-corrected chi connectivity index (χ3v) is 14.7. The topological polar surface area (TPSA) is 8.82 Å². The molecule has 15 rings (SSSR count). The molecule has 0 atom stereocenters. The Kier molecular flexibility index (Phi) is 4.10. The Bertz CT molecular complexity index is 4500. The summed E-state index contributed by atoms with van der Waals surface area (Å²) >= 11 is 3.51. The molecule has 0 fully saturated rings. The van der Waals surface area contributed by atoms with Crippen molar-refractivity contribution in [3.63, 3.8) is 0 Å². The van der Waals surface area contributed by atoms with Gasteiger partial charge in [0.25, 0.3) is 0 Å². The SMILES string of the molecule is [2H]c1c([2H])c([2H])c(-c2ccc3c4c5c(cc6c7cc8c(cc7n(c3c2)c64)c2cc3sc4ccccc4c3c3c4ccc(-c6c([2H])c([2H])c([2H])c([2H])c6[2H])cc4n8c23)sc2ccccc25)c([2H])c1[2H]. The maximum Gasteiger partial charge on any atom is 0.0629 e. The summed E-state index contributed by atoms with van der Waals surface area (Å²) in [6.07, 6.45) is 0. The van der Waals surface area contributed by atoms with Gasteiger partial charge >= 0.3 is 0 Å². The van der Waals surface area contributed by atoms with Crippen molar-refractivity contribution in [2.24, 2.45) is 0 Å². The predicted molar refractivity (Wildman–Crippen MR) is 252 cm³/mol. The minimum absolute atomic E-state index is 0.155. The second-order valence-corrected chi connectivity index (χ2v) is 17.4. The Balaban J connectivity index is 1.14. The van der Waals surface area contributed by atoms with E-state index in [0.717, 1.165) is 107 Å². The zero-order chi connectivity index (χ0) is 46.1. The van der Waals surface area contributed by atoms with Crippen LogP contribution in [-0.4, -0.2) is 8.80 Å². The zero-order valence-corrected chi connectivity index (χ0v) is 31.7. The van der Waals surface area contributed by atoms with Gasteiger partial charge in [0.05, 0.1) is 46.8 Å². The highest BCUT2D eigenvalue weighted by Gasteiger charge is 2.27. The summed E-state index contributed by atoms with van der Waals surface area (Å²) < 4.78 is 95.5. The Hall–Kier alpha value is -6.98. The van der Waals surface area contributed by atoms with Crippen LogP contribution in [0, 0.1) is 0 Å².